The molecule has 3 nitrogen and oxygen atoms in total. The van der Waals surface area contributed by atoms with Crippen molar-refractivity contribution in [2.24, 2.45) is 0 Å². The van der Waals surface area contributed by atoms with Crippen LogP contribution in [-0.4, -0.2) is 9.97 Å². The lowest BCUT2D eigenvalue weighted by atomic mass is 10.3. The first-order chi connectivity index (χ1) is 8.31. The molecule has 3 aromatic rings. The molecule has 0 fully saturated rings. The number of benzene rings is 1. The van der Waals surface area contributed by atoms with E-state index < -0.39 is 0 Å². The Kier molecular flexibility index (Phi) is 3.09. The predicted octanol–water partition coefficient (Wildman–Crippen LogP) is 4.13. The van der Waals surface area contributed by atoms with Crippen molar-refractivity contribution < 1.29 is 0 Å². The molecule has 0 amide bonds. The molecule has 0 aliphatic heterocycles. The van der Waals surface area contributed by atoms with Gasteiger partial charge in [-0.05, 0) is 18.2 Å². The van der Waals surface area contributed by atoms with Gasteiger partial charge in [-0.2, -0.15) is 0 Å². The van der Waals surface area contributed by atoms with E-state index in [2.05, 4.69) is 37.3 Å². The second kappa shape index (κ2) is 4.72. The van der Waals surface area contributed by atoms with Gasteiger partial charge in [0.05, 0.1) is 28.0 Å². The summed E-state index contributed by atoms with van der Waals surface area (Å²) in [4.78, 5) is 8.74. The van der Waals surface area contributed by atoms with Crippen molar-refractivity contribution in [2.75, 3.05) is 5.32 Å². The predicted molar refractivity (Wildman–Crippen MR) is 76.8 cm³/mol. The summed E-state index contributed by atoms with van der Waals surface area (Å²) in [5, 5.41) is 6.27. The molecule has 17 heavy (non-hydrogen) atoms. The van der Waals surface area contributed by atoms with Crippen LogP contribution in [0.3, 0.4) is 0 Å². The van der Waals surface area contributed by atoms with Crippen molar-refractivity contribution >= 4 is 54.0 Å². The van der Waals surface area contributed by atoms with Crippen LogP contribution in [0.1, 0.15) is 5.69 Å². The molecular weight excluding hydrogens is 318 g/mol. The first-order valence-corrected chi connectivity index (χ1v) is 7.53. The number of nitrogens with one attached hydrogen (secondary N) is 1. The Hall–Kier alpha value is -0.980. The average molecular weight is 326 g/mol. The van der Waals surface area contributed by atoms with Crippen LogP contribution in [0, 0.1) is 0 Å². The Morgan fingerprint density at radius 2 is 2.29 bits per heavy atom. The van der Waals surface area contributed by atoms with Crippen molar-refractivity contribution in [3.05, 3.63) is 39.3 Å². The molecule has 0 aliphatic carbocycles. The van der Waals surface area contributed by atoms with Gasteiger partial charge in [-0.15, -0.1) is 11.3 Å². The highest BCUT2D eigenvalue weighted by Gasteiger charge is 2.04. The fourth-order valence-corrected chi connectivity index (χ4v) is 3.44. The maximum Gasteiger partial charge on any atom is 0.184 e. The number of hydrogen-bond donors (Lipinski definition) is 1. The second-order valence-electron chi connectivity index (χ2n) is 3.46. The fraction of sp³-hybridized carbons (Fsp3) is 0.0909. The second-order valence-corrected chi connectivity index (χ2v) is 6.13. The topological polar surface area (TPSA) is 37.8 Å². The largest absolute Gasteiger partial charge is 0.356 e. The van der Waals surface area contributed by atoms with E-state index in [4.69, 9.17) is 0 Å². The van der Waals surface area contributed by atoms with Crippen LogP contribution in [0.4, 0.5) is 5.13 Å². The van der Waals surface area contributed by atoms with Crippen LogP contribution in [0.5, 0.6) is 0 Å². The highest BCUT2D eigenvalue weighted by atomic mass is 79.9. The molecule has 2 aromatic heterocycles. The lowest BCUT2D eigenvalue weighted by molar-refractivity contribution is 1.07. The summed E-state index contributed by atoms with van der Waals surface area (Å²) in [6.45, 7) is 0.727. The normalized spacial score (nSPS) is 10.9. The number of hydrogen-bond acceptors (Lipinski definition) is 5. The van der Waals surface area contributed by atoms with Gasteiger partial charge in [-0.25, -0.2) is 9.97 Å². The third-order valence-corrected chi connectivity index (χ3v) is 4.36. The Morgan fingerprint density at radius 1 is 1.35 bits per heavy atom. The van der Waals surface area contributed by atoms with Gasteiger partial charge in [0.1, 0.15) is 0 Å². The monoisotopic (exact) mass is 325 g/mol. The first kappa shape index (κ1) is 11.1. The number of anilines is 1. The molecule has 0 spiro atoms. The zero-order valence-corrected chi connectivity index (χ0v) is 11.9. The van der Waals surface area contributed by atoms with E-state index in [0.717, 1.165) is 27.4 Å². The van der Waals surface area contributed by atoms with Gasteiger partial charge in [-0.3, -0.25) is 0 Å². The molecule has 0 unspecified atom stereocenters. The van der Waals surface area contributed by atoms with Crippen LogP contribution in [-0.2, 0) is 6.54 Å². The molecule has 0 atom stereocenters. The van der Waals surface area contributed by atoms with Gasteiger partial charge in [0.2, 0.25) is 0 Å². The minimum atomic E-state index is 0.727. The minimum Gasteiger partial charge on any atom is -0.356 e. The standard InChI is InChI=1S/C11H8BrN3S2/c12-7-1-2-9-10(3-7)17-11(15-9)13-4-8-5-16-6-14-8/h1-3,5-6H,4H2,(H,13,15). The van der Waals surface area contributed by atoms with E-state index in [-0.39, 0.29) is 0 Å². The zero-order valence-electron chi connectivity index (χ0n) is 8.68. The van der Waals surface area contributed by atoms with Gasteiger partial charge in [0, 0.05) is 9.85 Å². The highest BCUT2D eigenvalue weighted by molar-refractivity contribution is 9.10. The molecule has 1 N–H and O–H groups in total. The summed E-state index contributed by atoms with van der Waals surface area (Å²) in [6.07, 6.45) is 0. The molecule has 0 saturated carbocycles. The summed E-state index contributed by atoms with van der Waals surface area (Å²) in [6, 6.07) is 6.11. The molecule has 86 valence electrons. The van der Waals surface area contributed by atoms with Gasteiger partial charge < -0.3 is 5.32 Å². The number of aromatic nitrogens is 2. The number of nitrogens with zero attached hydrogens (tertiary/aromatic N) is 2. The molecule has 0 radical (unpaired) electrons. The average Bonchev–Trinajstić information content (AvgIpc) is 2.94. The van der Waals surface area contributed by atoms with Crippen molar-refractivity contribution in [1.82, 2.24) is 9.97 Å². The summed E-state index contributed by atoms with van der Waals surface area (Å²) in [5.74, 6) is 0. The van der Waals surface area contributed by atoms with Crippen LogP contribution in [0.25, 0.3) is 10.2 Å². The van der Waals surface area contributed by atoms with Crippen LogP contribution >= 0.6 is 38.6 Å². The zero-order chi connectivity index (χ0) is 11.7. The molecule has 2 heterocycles. The first-order valence-electron chi connectivity index (χ1n) is 4.98. The summed E-state index contributed by atoms with van der Waals surface area (Å²) in [7, 11) is 0. The van der Waals surface area contributed by atoms with E-state index in [1.54, 1.807) is 22.7 Å². The van der Waals surface area contributed by atoms with Crippen molar-refractivity contribution in [3.63, 3.8) is 0 Å². The van der Waals surface area contributed by atoms with Gasteiger partial charge in [-0.1, -0.05) is 27.3 Å². The third kappa shape index (κ3) is 2.48. The van der Waals surface area contributed by atoms with Crippen molar-refractivity contribution in [2.45, 2.75) is 6.54 Å². The number of halogens is 1. The Labute approximate surface area is 115 Å². The Bertz CT molecular complexity index is 633. The number of thiazole rings is 2. The summed E-state index contributed by atoms with van der Waals surface area (Å²) in [5.41, 5.74) is 3.92. The van der Waals surface area contributed by atoms with Gasteiger partial charge >= 0.3 is 0 Å². The number of rotatable bonds is 3. The maximum absolute atomic E-state index is 4.52. The number of fused-ring (bicyclic) bond motifs is 1. The lowest BCUT2D eigenvalue weighted by Crippen LogP contribution is -1.98. The van der Waals surface area contributed by atoms with E-state index in [1.165, 1.54) is 4.70 Å². The van der Waals surface area contributed by atoms with Gasteiger partial charge in [0.25, 0.3) is 0 Å². The Balaban J connectivity index is 1.81. The van der Waals surface area contributed by atoms with E-state index in [9.17, 15) is 0 Å². The summed E-state index contributed by atoms with van der Waals surface area (Å²) >= 11 is 6.73. The quantitative estimate of drug-likeness (QED) is 0.786. The van der Waals surface area contributed by atoms with Crippen LogP contribution in [0.15, 0.2) is 33.6 Å². The molecule has 1 aromatic carbocycles. The summed E-state index contributed by atoms with van der Waals surface area (Å²) < 4.78 is 2.26. The van der Waals surface area contributed by atoms with E-state index in [0.29, 0.717) is 0 Å². The van der Waals surface area contributed by atoms with Crippen molar-refractivity contribution in [3.8, 4) is 0 Å². The molecule has 6 heteroatoms. The Morgan fingerprint density at radius 3 is 3.12 bits per heavy atom. The van der Waals surface area contributed by atoms with E-state index >= 15 is 0 Å². The molecule has 0 saturated heterocycles. The van der Waals surface area contributed by atoms with Gasteiger partial charge in [0.15, 0.2) is 5.13 Å². The molecular formula is C11H8BrN3S2. The lowest BCUT2D eigenvalue weighted by Gasteiger charge is -1.97. The minimum absolute atomic E-state index is 0.727. The molecule has 0 aliphatic rings. The SMILES string of the molecule is Brc1ccc2nc(NCc3cscn3)sc2c1. The maximum atomic E-state index is 4.52. The van der Waals surface area contributed by atoms with Crippen LogP contribution < -0.4 is 5.32 Å². The molecule has 3 rings (SSSR count). The van der Waals surface area contributed by atoms with Crippen LogP contribution in [0.2, 0.25) is 0 Å². The fourth-order valence-electron chi connectivity index (χ4n) is 1.47. The van der Waals surface area contributed by atoms with Crippen molar-refractivity contribution in [1.29, 1.82) is 0 Å². The smallest absolute Gasteiger partial charge is 0.184 e. The molecule has 0 bridgehead atoms. The highest BCUT2D eigenvalue weighted by Crippen LogP contribution is 2.28. The van der Waals surface area contributed by atoms with E-state index in [1.807, 2.05) is 23.0 Å². The third-order valence-electron chi connectivity index (χ3n) is 2.25.